The zero-order valence-electron chi connectivity index (χ0n) is 19.6. The minimum Gasteiger partial charge on any atom is -0.416 e. The molecule has 3 aromatic rings. The normalized spacial score (nSPS) is 16.3. The molecule has 36 heavy (non-hydrogen) atoms. The molecule has 5 rings (SSSR count). The molecule has 1 saturated carbocycles. The summed E-state index contributed by atoms with van der Waals surface area (Å²) in [5.74, 6) is -0.495. The number of ketones is 1. The van der Waals surface area contributed by atoms with Gasteiger partial charge in [0.2, 0.25) is 0 Å². The first-order chi connectivity index (χ1) is 17.1. The molecule has 1 aliphatic heterocycles. The second-order valence-corrected chi connectivity index (χ2v) is 11.2. The molecule has 0 bridgehead atoms. The van der Waals surface area contributed by atoms with E-state index >= 15 is 0 Å². The van der Waals surface area contributed by atoms with Crippen LogP contribution in [0.3, 0.4) is 0 Å². The Balaban J connectivity index is 0.000000256. The molecule has 0 spiro atoms. The van der Waals surface area contributed by atoms with Crippen LogP contribution in [-0.4, -0.2) is 36.2 Å². The lowest BCUT2D eigenvalue weighted by Crippen LogP contribution is -2.38. The van der Waals surface area contributed by atoms with Crippen molar-refractivity contribution < 1.29 is 31.7 Å². The molecule has 1 N–H and O–H groups in total. The van der Waals surface area contributed by atoms with Crippen LogP contribution >= 0.6 is 11.3 Å². The van der Waals surface area contributed by atoms with Gasteiger partial charge in [-0.3, -0.25) is 19.0 Å². The van der Waals surface area contributed by atoms with Crippen molar-refractivity contribution in [2.24, 2.45) is 5.92 Å². The molecule has 2 heterocycles. The Bertz CT molecular complexity index is 1350. The molecule has 0 amide bonds. The first kappa shape index (κ1) is 26.2. The third-order valence-electron chi connectivity index (χ3n) is 5.97. The molecule has 190 valence electrons. The molecule has 1 aliphatic carbocycles. The summed E-state index contributed by atoms with van der Waals surface area (Å²) in [7, 11) is -4.00. The lowest BCUT2D eigenvalue weighted by atomic mass is 9.95. The van der Waals surface area contributed by atoms with E-state index in [2.05, 4.69) is 4.90 Å². The van der Waals surface area contributed by atoms with Crippen LogP contribution in [0.5, 0.6) is 5.06 Å². The summed E-state index contributed by atoms with van der Waals surface area (Å²) in [6, 6.07) is 15.3. The number of esters is 1. The van der Waals surface area contributed by atoms with Gasteiger partial charge in [-0.25, -0.2) is 4.39 Å². The van der Waals surface area contributed by atoms with Crippen LogP contribution in [0.1, 0.15) is 41.8 Å². The van der Waals surface area contributed by atoms with Crippen molar-refractivity contribution in [2.45, 2.75) is 43.7 Å². The van der Waals surface area contributed by atoms with Crippen LogP contribution in [0.15, 0.2) is 65.6 Å². The first-order valence-corrected chi connectivity index (χ1v) is 13.7. The highest BCUT2D eigenvalue weighted by molar-refractivity contribution is 7.85. The number of ether oxygens (including phenoxy) is 1. The minimum atomic E-state index is -4.00. The maximum Gasteiger partial charge on any atom is 0.308 e. The highest BCUT2D eigenvalue weighted by atomic mass is 32.2. The number of fused-ring (bicyclic) bond motifs is 1. The summed E-state index contributed by atoms with van der Waals surface area (Å²) in [6.45, 7) is 2.63. The van der Waals surface area contributed by atoms with Gasteiger partial charge in [0, 0.05) is 36.4 Å². The molecule has 1 atom stereocenters. The largest absolute Gasteiger partial charge is 0.416 e. The second-order valence-electron chi connectivity index (χ2n) is 8.72. The van der Waals surface area contributed by atoms with Crippen molar-refractivity contribution in [1.82, 2.24) is 4.90 Å². The van der Waals surface area contributed by atoms with Crippen molar-refractivity contribution in [3.05, 3.63) is 82.5 Å². The molecule has 0 radical (unpaired) electrons. The summed E-state index contributed by atoms with van der Waals surface area (Å²) in [5, 5.41) is 0.584. The van der Waals surface area contributed by atoms with E-state index in [-0.39, 0.29) is 28.4 Å². The number of nitrogens with zero attached hydrogens (tertiary/aromatic N) is 1. The average Bonchev–Trinajstić information content (AvgIpc) is 3.61. The maximum atomic E-state index is 14.4. The highest BCUT2D eigenvalue weighted by Gasteiger charge is 2.40. The minimum absolute atomic E-state index is 0.0556. The third kappa shape index (κ3) is 6.44. The Hall–Kier alpha value is -2.92. The van der Waals surface area contributed by atoms with Crippen LogP contribution in [-0.2, 0) is 32.7 Å². The van der Waals surface area contributed by atoms with Crippen molar-refractivity contribution in [3.8, 4) is 5.06 Å². The molecule has 10 heteroatoms. The van der Waals surface area contributed by atoms with Gasteiger partial charge in [-0.1, -0.05) is 36.4 Å². The van der Waals surface area contributed by atoms with E-state index in [0.717, 1.165) is 24.8 Å². The smallest absolute Gasteiger partial charge is 0.308 e. The number of carbonyl (C=O) groups is 2. The van der Waals surface area contributed by atoms with Crippen molar-refractivity contribution in [3.63, 3.8) is 0 Å². The van der Waals surface area contributed by atoms with Crippen molar-refractivity contribution in [1.29, 1.82) is 0 Å². The summed E-state index contributed by atoms with van der Waals surface area (Å²) < 4.78 is 48.9. The number of benzene rings is 2. The van der Waals surface area contributed by atoms with Gasteiger partial charge in [0.05, 0.1) is 10.9 Å². The molecule has 0 saturated heterocycles. The molecular formula is C26H26FNO6S2. The fourth-order valence-corrected chi connectivity index (χ4v) is 5.70. The fraction of sp³-hybridized carbons (Fsp3) is 0.308. The zero-order chi connectivity index (χ0) is 25.9. The van der Waals surface area contributed by atoms with Crippen LogP contribution in [0, 0.1) is 11.7 Å². The van der Waals surface area contributed by atoms with Gasteiger partial charge in [-0.2, -0.15) is 8.42 Å². The van der Waals surface area contributed by atoms with E-state index in [4.69, 9.17) is 9.29 Å². The summed E-state index contributed by atoms with van der Waals surface area (Å²) in [6.07, 6.45) is 2.57. The lowest BCUT2D eigenvalue weighted by Gasteiger charge is -2.34. The zero-order valence-corrected chi connectivity index (χ0v) is 21.2. The van der Waals surface area contributed by atoms with Crippen LogP contribution in [0.4, 0.5) is 4.39 Å². The Morgan fingerprint density at radius 3 is 2.36 bits per heavy atom. The second kappa shape index (κ2) is 11.0. The highest BCUT2D eigenvalue weighted by Crippen LogP contribution is 2.41. The van der Waals surface area contributed by atoms with Crippen molar-refractivity contribution in [2.75, 3.05) is 6.54 Å². The SMILES string of the molecule is CC(=O)Oc1cc2c(s1)CCN(C(C(=O)C1CC1)c1ccccc1F)C2.O=S(=O)(O)c1ccccc1. The van der Waals surface area contributed by atoms with E-state index in [1.165, 1.54) is 41.3 Å². The van der Waals surface area contributed by atoms with E-state index in [1.54, 1.807) is 36.4 Å². The number of Topliss-reactive ketones (excluding diaryl/α,β-unsaturated/α-hetero) is 1. The molecular weight excluding hydrogens is 505 g/mol. The fourth-order valence-electron chi connectivity index (χ4n) is 4.15. The van der Waals surface area contributed by atoms with E-state index in [1.807, 2.05) is 6.07 Å². The van der Waals surface area contributed by atoms with Gasteiger partial charge in [0.1, 0.15) is 5.82 Å². The first-order valence-electron chi connectivity index (χ1n) is 11.5. The summed E-state index contributed by atoms with van der Waals surface area (Å²) >= 11 is 1.47. The van der Waals surface area contributed by atoms with Gasteiger partial charge < -0.3 is 4.74 Å². The molecule has 1 fully saturated rings. The Morgan fingerprint density at radius 1 is 1.11 bits per heavy atom. The molecule has 7 nitrogen and oxygen atoms in total. The number of rotatable bonds is 6. The van der Waals surface area contributed by atoms with Gasteiger partial charge in [0.25, 0.3) is 10.1 Å². The van der Waals surface area contributed by atoms with Gasteiger partial charge >= 0.3 is 5.97 Å². The van der Waals surface area contributed by atoms with Gasteiger partial charge in [-0.05, 0) is 49.1 Å². The Morgan fingerprint density at radius 2 is 1.78 bits per heavy atom. The number of thiophene rings is 1. The van der Waals surface area contributed by atoms with Crippen molar-refractivity contribution >= 4 is 33.2 Å². The third-order valence-corrected chi connectivity index (χ3v) is 7.96. The Labute approximate surface area is 213 Å². The molecule has 2 aromatic carbocycles. The number of halogens is 1. The van der Waals surface area contributed by atoms with Gasteiger partial charge in [-0.15, -0.1) is 11.3 Å². The summed E-state index contributed by atoms with van der Waals surface area (Å²) in [4.78, 5) is 27.3. The van der Waals surface area contributed by atoms with Crippen LogP contribution in [0.25, 0.3) is 0 Å². The van der Waals surface area contributed by atoms with E-state index in [0.29, 0.717) is 23.7 Å². The van der Waals surface area contributed by atoms with Crippen LogP contribution < -0.4 is 4.74 Å². The lowest BCUT2D eigenvalue weighted by molar-refractivity contribution is -0.131. The number of hydrogen-bond donors (Lipinski definition) is 1. The summed E-state index contributed by atoms with van der Waals surface area (Å²) in [5.41, 5.74) is 1.52. The standard InChI is InChI=1S/C20H20FNO3S.C6H6O3S/c1-12(23)25-18-10-14-11-22(9-8-17(14)26-18)19(20(24)13-6-7-13)15-4-2-3-5-16(15)21;7-10(8,9)6-4-2-1-3-5-6/h2-5,10,13,19H,6-9,11H2,1H3;1-5H,(H,7,8,9). The van der Waals surface area contributed by atoms with Gasteiger partial charge in [0.15, 0.2) is 10.8 Å². The molecule has 1 unspecified atom stereocenters. The topological polar surface area (TPSA) is 101 Å². The predicted octanol–water partition coefficient (Wildman–Crippen LogP) is 4.82. The quantitative estimate of drug-likeness (QED) is 0.359. The number of carbonyl (C=O) groups excluding carboxylic acids is 2. The molecule has 2 aliphatic rings. The molecule has 1 aromatic heterocycles. The Kier molecular flexibility index (Phi) is 7.99. The predicted molar refractivity (Wildman–Crippen MR) is 133 cm³/mol. The maximum absolute atomic E-state index is 14.4. The van der Waals surface area contributed by atoms with E-state index in [9.17, 15) is 22.4 Å². The monoisotopic (exact) mass is 531 g/mol. The van der Waals surface area contributed by atoms with Crippen LogP contribution in [0.2, 0.25) is 0 Å². The van der Waals surface area contributed by atoms with E-state index < -0.39 is 16.2 Å². The number of hydrogen-bond acceptors (Lipinski definition) is 7. The average molecular weight is 532 g/mol.